The molecule has 0 aliphatic heterocycles. The van der Waals surface area contributed by atoms with Crippen LogP contribution in [0.25, 0.3) is 0 Å². The Labute approximate surface area is 113 Å². The molecule has 7 heteroatoms. The van der Waals surface area contributed by atoms with Crippen LogP contribution in [0.1, 0.15) is 23.0 Å². The summed E-state index contributed by atoms with van der Waals surface area (Å²) in [6.45, 7) is 3.24. The van der Waals surface area contributed by atoms with Gasteiger partial charge in [-0.1, -0.05) is 6.07 Å². The third-order valence-electron chi connectivity index (χ3n) is 2.26. The largest absolute Gasteiger partial charge is 0.305 e. The van der Waals surface area contributed by atoms with E-state index in [4.69, 9.17) is 0 Å². The first-order chi connectivity index (χ1) is 9.06. The molecule has 0 bridgehead atoms. The third-order valence-corrected chi connectivity index (χ3v) is 3.02. The highest BCUT2D eigenvalue weighted by molar-refractivity contribution is 7.14. The van der Waals surface area contributed by atoms with E-state index in [1.165, 1.54) is 18.3 Å². The summed E-state index contributed by atoms with van der Waals surface area (Å²) in [6, 6.07) is 3.65. The van der Waals surface area contributed by atoms with Gasteiger partial charge in [-0.25, -0.2) is 9.97 Å². The van der Waals surface area contributed by atoms with Crippen molar-refractivity contribution >= 4 is 34.1 Å². The molecule has 0 spiro atoms. The fraction of sp³-hybridized carbons (Fsp3) is 0.167. The highest BCUT2D eigenvalue weighted by Crippen LogP contribution is 2.17. The van der Waals surface area contributed by atoms with Gasteiger partial charge in [0, 0.05) is 18.5 Å². The lowest BCUT2D eigenvalue weighted by atomic mass is 10.3. The molecule has 0 aliphatic carbocycles. The summed E-state index contributed by atoms with van der Waals surface area (Å²) in [5, 5.41) is 7.18. The lowest BCUT2D eigenvalue weighted by molar-refractivity contribution is -0.114. The van der Waals surface area contributed by atoms with E-state index in [9.17, 15) is 9.59 Å². The van der Waals surface area contributed by atoms with Crippen molar-refractivity contribution < 1.29 is 9.59 Å². The molecule has 0 saturated heterocycles. The summed E-state index contributed by atoms with van der Waals surface area (Å²) in [6.07, 6.45) is 1.60. The van der Waals surface area contributed by atoms with E-state index in [0.29, 0.717) is 10.9 Å². The van der Waals surface area contributed by atoms with Gasteiger partial charge in [0.2, 0.25) is 5.91 Å². The Morgan fingerprint density at radius 2 is 2.11 bits per heavy atom. The summed E-state index contributed by atoms with van der Waals surface area (Å²) < 4.78 is 0. The molecule has 98 valence electrons. The quantitative estimate of drug-likeness (QED) is 0.898. The Bertz CT molecular complexity index is 624. The number of anilines is 2. The maximum atomic E-state index is 11.9. The van der Waals surface area contributed by atoms with Crippen LogP contribution in [0, 0.1) is 6.92 Å². The van der Waals surface area contributed by atoms with Crippen molar-refractivity contribution in [2.24, 2.45) is 0 Å². The van der Waals surface area contributed by atoms with Gasteiger partial charge in [0.25, 0.3) is 5.91 Å². The lowest BCUT2D eigenvalue weighted by Crippen LogP contribution is -2.14. The average Bonchev–Trinajstić information content (AvgIpc) is 2.79. The van der Waals surface area contributed by atoms with Gasteiger partial charge in [0.1, 0.15) is 11.5 Å². The summed E-state index contributed by atoms with van der Waals surface area (Å²) in [7, 11) is 0. The standard InChI is InChI=1S/C12H12N4O2S/c1-7-4-3-5-13-10(7)16-11(18)9-6-19-12(15-9)14-8(2)17/h3-6H,1-2H3,(H,13,16,18)(H,14,15,17). The molecule has 0 radical (unpaired) electrons. The highest BCUT2D eigenvalue weighted by Gasteiger charge is 2.12. The summed E-state index contributed by atoms with van der Waals surface area (Å²) in [5.41, 5.74) is 1.12. The topological polar surface area (TPSA) is 84.0 Å². The second-order valence-corrected chi connectivity index (χ2v) is 4.70. The number of rotatable bonds is 3. The van der Waals surface area contributed by atoms with Gasteiger partial charge in [0.15, 0.2) is 5.13 Å². The zero-order valence-electron chi connectivity index (χ0n) is 10.4. The number of hydrogen-bond acceptors (Lipinski definition) is 5. The van der Waals surface area contributed by atoms with Crippen LogP contribution >= 0.6 is 11.3 Å². The minimum Gasteiger partial charge on any atom is -0.305 e. The molecule has 0 aliphatic rings. The van der Waals surface area contributed by atoms with Gasteiger partial charge in [-0.15, -0.1) is 11.3 Å². The van der Waals surface area contributed by atoms with Crippen molar-refractivity contribution in [2.45, 2.75) is 13.8 Å². The molecule has 2 rings (SSSR count). The average molecular weight is 276 g/mol. The van der Waals surface area contributed by atoms with Crippen LogP contribution in [0.2, 0.25) is 0 Å². The predicted molar refractivity (Wildman–Crippen MR) is 73.3 cm³/mol. The minimum atomic E-state index is -0.352. The van der Waals surface area contributed by atoms with Crippen LogP contribution in [-0.2, 0) is 4.79 Å². The van der Waals surface area contributed by atoms with Crippen molar-refractivity contribution in [3.8, 4) is 0 Å². The molecular weight excluding hydrogens is 264 g/mol. The molecule has 6 nitrogen and oxygen atoms in total. The monoisotopic (exact) mass is 276 g/mol. The maximum absolute atomic E-state index is 11.9. The smallest absolute Gasteiger partial charge is 0.276 e. The number of nitrogens with zero attached hydrogens (tertiary/aromatic N) is 2. The van der Waals surface area contributed by atoms with Gasteiger partial charge in [0.05, 0.1) is 0 Å². The van der Waals surface area contributed by atoms with E-state index in [0.717, 1.165) is 5.56 Å². The van der Waals surface area contributed by atoms with Gasteiger partial charge >= 0.3 is 0 Å². The van der Waals surface area contributed by atoms with Gasteiger partial charge in [-0.3, -0.25) is 9.59 Å². The number of aromatic nitrogens is 2. The molecule has 2 N–H and O–H groups in total. The molecule has 0 fully saturated rings. The highest BCUT2D eigenvalue weighted by atomic mass is 32.1. The zero-order valence-corrected chi connectivity index (χ0v) is 11.2. The molecule has 0 atom stereocenters. The number of thiazole rings is 1. The second-order valence-electron chi connectivity index (χ2n) is 3.84. The van der Waals surface area contributed by atoms with Crippen LogP contribution in [0.4, 0.5) is 10.9 Å². The van der Waals surface area contributed by atoms with E-state index in [2.05, 4.69) is 20.6 Å². The van der Waals surface area contributed by atoms with Crippen LogP contribution in [0.15, 0.2) is 23.7 Å². The molecule has 2 heterocycles. The lowest BCUT2D eigenvalue weighted by Gasteiger charge is -2.04. The molecule has 2 amide bonds. The van der Waals surface area contributed by atoms with Crippen LogP contribution in [-0.4, -0.2) is 21.8 Å². The number of carbonyl (C=O) groups excluding carboxylic acids is 2. The predicted octanol–water partition coefficient (Wildman–Crippen LogP) is 2.06. The van der Waals surface area contributed by atoms with Crippen molar-refractivity contribution in [1.82, 2.24) is 9.97 Å². The molecule has 19 heavy (non-hydrogen) atoms. The summed E-state index contributed by atoms with van der Waals surface area (Å²) in [5.74, 6) is -0.0712. The molecule has 0 unspecified atom stereocenters. The Kier molecular flexibility index (Phi) is 3.86. The van der Waals surface area contributed by atoms with Crippen molar-refractivity contribution in [2.75, 3.05) is 10.6 Å². The second kappa shape index (κ2) is 5.57. The number of nitrogens with one attached hydrogen (secondary N) is 2. The van der Waals surface area contributed by atoms with E-state index in [-0.39, 0.29) is 17.5 Å². The fourth-order valence-electron chi connectivity index (χ4n) is 1.37. The molecule has 2 aromatic rings. The van der Waals surface area contributed by atoms with Crippen LogP contribution < -0.4 is 10.6 Å². The molecule has 0 aromatic carbocycles. The molecule has 0 saturated carbocycles. The first-order valence-corrected chi connectivity index (χ1v) is 6.40. The Morgan fingerprint density at radius 1 is 1.32 bits per heavy atom. The normalized spacial score (nSPS) is 10.0. The third kappa shape index (κ3) is 3.35. The van der Waals surface area contributed by atoms with Gasteiger partial charge in [-0.2, -0.15) is 0 Å². The van der Waals surface area contributed by atoms with Crippen LogP contribution in [0.3, 0.4) is 0 Å². The fourth-order valence-corrected chi connectivity index (χ4v) is 2.11. The first kappa shape index (κ1) is 13.2. The van der Waals surface area contributed by atoms with Crippen LogP contribution in [0.5, 0.6) is 0 Å². The van der Waals surface area contributed by atoms with E-state index < -0.39 is 0 Å². The Morgan fingerprint density at radius 3 is 2.79 bits per heavy atom. The summed E-state index contributed by atoms with van der Waals surface area (Å²) >= 11 is 1.20. The number of hydrogen-bond donors (Lipinski definition) is 2. The van der Waals surface area contributed by atoms with Gasteiger partial charge < -0.3 is 10.6 Å². The molecule has 2 aromatic heterocycles. The SMILES string of the molecule is CC(=O)Nc1nc(C(=O)Nc2ncccc2C)cs1. The van der Waals surface area contributed by atoms with Crippen molar-refractivity contribution in [3.63, 3.8) is 0 Å². The van der Waals surface area contributed by atoms with Crippen molar-refractivity contribution in [3.05, 3.63) is 35.0 Å². The van der Waals surface area contributed by atoms with Gasteiger partial charge in [-0.05, 0) is 18.6 Å². The van der Waals surface area contributed by atoms with E-state index in [1.54, 1.807) is 17.6 Å². The number of carbonyl (C=O) groups is 2. The number of amides is 2. The number of pyridine rings is 1. The maximum Gasteiger partial charge on any atom is 0.276 e. The summed E-state index contributed by atoms with van der Waals surface area (Å²) in [4.78, 5) is 30.9. The Hall–Kier alpha value is -2.28. The molecular formula is C12H12N4O2S. The van der Waals surface area contributed by atoms with Crippen molar-refractivity contribution in [1.29, 1.82) is 0 Å². The number of aryl methyl sites for hydroxylation is 1. The van der Waals surface area contributed by atoms with E-state index >= 15 is 0 Å². The Balaban J connectivity index is 2.10. The van der Waals surface area contributed by atoms with E-state index in [1.807, 2.05) is 13.0 Å². The minimum absolute atomic E-state index is 0.220. The first-order valence-electron chi connectivity index (χ1n) is 5.52. The zero-order chi connectivity index (χ0) is 13.8.